The zero-order valence-corrected chi connectivity index (χ0v) is 16.6. The number of aliphatic imine (C=N–C) groups is 1. The summed E-state index contributed by atoms with van der Waals surface area (Å²) >= 11 is 0. The number of hydrogen-bond donors (Lipinski definition) is 1. The van der Waals surface area contributed by atoms with Crippen molar-refractivity contribution in [2.75, 3.05) is 53.4 Å². The average molecular weight is 346 g/mol. The summed E-state index contributed by atoms with van der Waals surface area (Å²) < 4.78 is 0. The number of piperazine rings is 1. The van der Waals surface area contributed by atoms with Gasteiger partial charge < -0.3 is 15.1 Å². The van der Waals surface area contributed by atoms with E-state index in [-0.39, 0.29) is 0 Å². The summed E-state index contributed by atoms with van der Waals surface area (Å²) in [5, 5.41) is 3.54. The summed E-state index contributed by atoms with van der Waals surface area (Å²) in [4.78, 5) is 11.7. The summed E-state index contributed by atoms with van der Waals surface area (Å²) in [7, 11) is 3.96. The molecular weight excluding hydrogens is 310 g/mol. The number of likely N-dealkylation sites (N-methyl/N-ethyl adjacent to an activating group) is 1. The number of rotatable bonds is 6. The van der Waals surface area contributed by atoms with Crippen LogP contribution in [0, 0.1) is 6.92 Å². The number of guanidine groups is 1. The van der Waals surface area contributed by atoms with E-state index in [0.717, 1.165) is 38.7 Å². The fraction of sp³-hybridized carbons (Fsp3) is 0.650. The van der Waals surface area contributed by atoms with Crippen LogP contribution in [0.15, 0.2) is 29.3 Å². The van der Waals surface area contributed by atoms with Crippen molar-refractivity contribution in [3.05, 3.63) is 35.4 Å². The molecule has 140 valence electrons. The molecule has 0 aromatic heterocycles. The highest BCUT2D eigenvalue weighted by Crippen LogP contribution is 2.07. The predicted octanol–water partition coefficient (Wildman–Crippen LogP) is 2.03. The Morgan fingerprint density at radius 2 is 1.84 bits per heavy atom. The van der Waals surface area contributed by atoms with Gasteiger partial charge in [-0.1, -0.05) is 36.8 Å². The molecule has 0 saturated carbocycles. The highest BCUT2D eigenvalue weighted by atomic mass is 15.3. The van der Waals surface area contributed by atoms with Crippen LogP contribution in [-0.4, -0.2) is 80.1 Å². The van der Waals surface area contributed by atoms with Gasteiger partial charge in [-0.25, -0.2) is 0 Å². The number of aryl methyl sites for hydroxylation is 1. The second-order valence-electron chi connectivity index (χ2n) is 7.09. The molecule has 0 spiro atoms. The third-order valence-corrected chi connectivity index (χ3v) is 5.15. The molecule has 0 aliphatic carbocycles. The molecule has 1 saturated heterocycles. The van der Waals surface area contributed by atoms with Gasteiger partial charge in [0.25, 0.3) is 0 Å². The number of nitrogens with one attached hydrogen (secondary N) is 1. The maximum Gasteiger partial charge on any atom is 0.193 e. The van der Waals surface area contributed by atoms with E-state index in [1.165, 1.54) is 24.2 Å². The minimum atomic E-state index is 0.517. The Kier molecular flexibility index (Phi) is 7.72. The fourth-order valence-electron chi connectivity index (χ4n) is 3.32. The summed E-state index contributed by atoms with van der Waals surface area (Å²) in [6.07, 6.45) is 0. The van der Waals surface area contributed by atoms with Crippen LogP contribution in [0.3, 0.4) is 0 Å². The topological polar surface area (TPSA) is 34.1 Å². The van der Waals surface area contributed by atoms with Gasteiger partial charge in [-0.3, -0.25) is 9.89 Å². The second-order valence-corrected chi connectivity index (χ2v) is 7.09. The molecule has 1 heterocycles. The van der Waals surface area contributed by atoms with Gasteiger partial charge in [0.1, 0.15) is 0 Å². The zero-order valence-electron chi connectivity index (χ0n) is 16.6. The van der Waals surface area contributed by atoms with Crippen LogP contribution in [0.4, 0.5) is 0 Å². The first kappa shape index (κ1) is 19.7. The van der Waals surface area contributed by atoms with Crippen molar-refractivity contribution in [2.24, 2.45) is 4.99 Å². The molecule has 1 aliphatic heterocycles. The Bertz CT molecular complexity index is 532. The fourth-order valence-corrected chi connectivity index (χ4v) is 3.32. The molecule has 0 bridgehead atoms. The van der Waals surface area contributed by atoms with E-state index in [9.17, 15) is 0 Å². The molecule has 5 nitrogen and oxygen atoms in total. The summed E-state index contributed by atoms with van der Waals surface area (Å²) in [5.41, 5.74) is 2.60. The van der Waals surface area contributed by atoms with Crippen LogP contribution < -0.4 is 5.32 Å². The average Bonchev–Trinajstić information content (AvgIpc) is 2.64. The van der Waals surface area contributed by atoms with Crippen LogP contribution in [0.2, 0.25) is 0 Å². The molecule has 25 heavy (non-hydrogen) atoms. The highest BCUT2D eigenvalue weighted by Gasteiger charge is 2.20. The summed E-state index contributed by atoms with van der Waals surface area (Å²) in [6.45, 7) is 14.3. The van der Waals surface area contributed by atoms with E-state index in [0.29, 0.717) is 6.04 Å². The van der Waals surface area contributed by atoms with Crippen LogP contribution in [0.1, 0.15) is 25.0 Å². The number of nitrogens with zero attached hydrogens (tertiary/aromatic N) is 4. The minimum Gasteiger partial charge on any atom is -0.355 e. The third-order valence-electron chi connectivity index (χ3n) is 5.15. The monoisotopic (exact) mass is 345 g/mol. The summed E-state index contributed by atoms with van der Waals surface area (Å²) in [6, 6.07) is 9.22. The van der Waals surface area contributed by atoms with Crippen molar-refractivity contribution in [1.29, 1.82) is 0 Å². The van der Waals surface area contributed by atoms with Crippen LogP contribution >= 0.6 is 0 Å². The van der Waals surface area contributed by atoms with Gasteiger partial charge in [-0.15, -0.1) is 0 Å². The smallest absolute Gasteiger partial charge is 0.193 e. The van der Waals surface area contributed by atoms with Crippen molar-refractivity contribution in [2.45, 2.75) is 33.4 Å². The van der Waals surface area contributed by atoms with Crippen molar-refractivity contribution < 1.29 is 0 Å². The zero-order chi connectivity index (χ0) is 18.2. The quantitative estimate of drug-likeness (QED) is 0.632. The highest BCUT2D eigenvalue weighted by molar-refractivity contribution is 5.79. The molecule has 0 radical (unpaired) electrons. The lowest BCUT2D eigenvalue weighted by Gasteiger charge is -2.38. The van der Waals surface area contributed by atoms with Crippen molar-refractivity contribution in [3.8, 4) is 0 Å². The van der Waals surface area contributed by atoms with Crippen molar-refractivity contribution >= 4 is 5.96 Å². The van der Waals surface area contributed by atoms with E-state index in [4.69, 9.17) is 0 Å². The molecule has 2 rings (SSSR count). The van der Waals surface area contributed by atoms with Gasteiger partial charge in [0, 0.05) is 59.4 Å². The Labute approximate surface area is 153 Å². The standard InChI is InChI=1S/C20H35N5/c1-6-24-11-13-25(14-12-24)18(3)15-22-20(21-4)23(5)16-19-9-7-17(2)8-10-19/h7-10,18H,6,11-16H2,1-5H3,(H,21,22). The van der Waals surface area contributed by atoms with E-state index < -0.39 is 0 Å². The largest absolute Gasteiger partial charge is 0.355 e. The lowest BCUT2D eigenvalue weighted by molar-refractivity contribution is 0.107. The first-order valence-corrected chi connectivity index (χ1v) is 9.47. The maximum absolute atomic E-state index is 4.45. The first-order chi connectivity index (χ1) is 12.0. The molecule has 5 heteroatoms. The predicted molar refractivity (Wildman–Crippen MR) is 107 cm³/mol. The lowest BCUT2D eigenvalue weighted by atomic mass is 10.1. The molecule has 1 unspecified atom stereocenters. The second kappa shape index (κ2) is 9.78. The maximum atomic E-state index is 4.45. The van der Waals surface area contributed by atoms with Gasteiger partial charge in [0.15, 0.2) is 5.96 Å². The number of benzene rings is 1. The molecule has 1 aliphatic rings. The van der Waals surface area contributed by atoms with E-state index in [1.54, 1.807) is 0 Å². The lowest BCUT2D eigenvalue weighted by Crippen LogP contribution is -2.53. The Morgan fingerprint density at radius 1 is 1.20 bits per heavy atom. The first-order valence-electron chi connectivity index (χ1n) is 9.47. The SMILES string of the molecule is CCN1CCN(C(C)CNC(=NC)N(C)Cc2ccc(C)cc2)CC1. The normalized spacial score (nSPS) is 18.2. The number of hydrogen-bond acceptors (Lipinski definition) is 3. The Balaban J connectivity index is 1.80. The molecular formula is C20H35N5. The van der Waals surface area contributed by atoms with E-state index in [2.05, 4.69) is 77.1 Å². The minimum absolute atomic E-state index is 0.517. The molecule has 1 N–H and O–H groups in total. The van der Waals surface area contributed by atoms with Crippen molar-refractivity contribution in [1.82, 2.24) is 20.0 Å². The summed E-state index contributed by atoms with van der Waals surface area (Å²) in [5.74, 6) is 0.958. The van der Waals surface area contributed by atoms with Crippen LogP contribution in [0.5, 0.6) is 0 Å². The Hall–Kier alpha value is -1.59. The van der Waals surface area contributed by atoms with Crippen molar-refractivity contribution in [3.63, 3.8) is 0 Å². The van der Waals surface area contributed by atoms with Crippen LogP contribution in [-0.2, 0) is 6.54 Å². The molecule has 1 fully saturated rings. The van der Waals surface area contributed by atoms with Gasteiger partial charge in [-0.05, 0) is 26.0 Å². The molecule has 1 aromatic rings. The van der Waals surface area contributed by atoms with E-state index >= 15 is 0 Å². The molecule has 1 atom stereocenters. The molecule has 1 aromatic carbocycles. The van der Waals surface area contributed by atoms with Gasteiger partial charge in [0.2, 0.25) is 0 Å². The van der Waals surface area contributed by atoms with Crippen LogP contribution in [0.25, 0.3) is 0 Å². The van der Waals surface area contributed by atoms with Gasteiger partial charge in [-0.2, -0.15) is 0 Å². The molecule has 0 amide bonds. The van der Waals surface area contributed by atoms with E-state index in [1.807, 2.05) is 7.05 Å². The third kappa shape index (κ3) is 6.01. The van der Waals surface area contributed by atoms with Gasteiger partial charge in [0.05, 0.1) is 0 Å². The van der Waals surface area contributed by atoms with Gasteiger partial charge >= 0.3 is 0 Å². The Morgan fingerprint density at radius 3 is 2.40 bits per heavy atom.